The third-order valence-corrected chi connectivity index (χ3v) is 9.09. The topological polar surface area (TPSA) is 20.2 Å². The molecule has 0 amide bonds. The van der Waals surface area contributed by atoms with Gasteiger partial charge in [0.05, 0.1) is 0 Å². The molecule has 0 aromatic rings. The first-order chi connectivity index (χ1) is 11.3. The molecule has 24 heavy (non-hydrogen) atoms. The molecule has 4 aliphatic carbocycles. The standard InChI is InChI=1S/C22H33FO/c1-4-10-22(24)13-9-19-17-6-5-15-14-16(23)7-11-20(15,2)18(17)8-12-21(19,22)3/h15-19,24H,5-9,11-14H2,1-3H3/t15?,16-,17?,18?,19?,20-,21-,22-/m0/s1. The van der Waals surface area contributed by atoms with Gasteiger partial charge in [-0.15, -0.1) is 5.92 Å². The Morgan fingerprint density at radius 1 is 0.958 bits per heavy atom. The minimum atomic E-state index is -0.786. The molecule has 0 aliphatic heterocycles. The maximum Gasteiger partial charge on any atom is 0.131 e. The Labute approximate surface area is 146 Å². The van der Waals surface area contributed by atoms with Crippen LogP contribution in [0.1, 0.15) is 78.6 Å². The Morgan fingerprint density at radius 3 is 2.46 bits per heavy atom. The van der Waals surface area contributed by atoms with Gasteiger partial charge in [-0.2, -0.15) is 0 Å². The summed E-state index contributed by atoms with van der Waals surface area (Å²) in [5.74, 6) is 8.82. The van der Waals surface area contributed by atoms with Gasteiger partial charge in [-0.25, -0.2) is 4.39 Å². The van der Waals surface area contributed by atoms with Crippen LogP contribution in [-0.4, -0.2) is 16.9 Å². The lowest BCUT2D eigenvalue weighted by Gasteiger charge is -2.61. The quantitative estimate of drug-likeness (QED) is 0.610. The third-order valence-electron chi connectivity index (χ3n) is 9.09. The molecule has 4 fully saturated rings. The van der Waals surface area contributed by atoms with E-state index in [4.69, 9.17) is 0 Å². The number of fused-ring (bicyclic) bond motifs is 5. The number of hydrogen-bond acceptors (Lipinski definition) is 1. The first-order valence-corrected chi connectivity index (χ1v) is 10.1. The summed E-state index contributed by atoms with van der Waals surface area (Å²) >= 11 is 0. The normalized spacial score (nSPS) is 56.5. The summed E-state index contributed by atoms with van der Waals surface area (Å²) in [7, 11) is 0. The zero-order valence-corrected chi connectivity index (χ0v) is 15.6. The molecule has 0 bridgehead atoms. The van der Waals surface area contributed by atoms with E-state index in [-0.39, 0.29) is 5.41 Å². The minimum Gasteiger partial charge on any atom is -0.377 e. The molecule has 0 aromatic carbocycles. The van der Waals surface area contributed by atoms with E-state index >= 15 is 0 Å². The second kappa shape index (κ2) is 5.47. The first-order valence-electron chi connectivity index (χ1n) is 10.1. The summed E-state index contributed by atoms with van der Waals surface area (Å²) in [5, 5.41) is 11.2. The van der Waals surface area contributed by atoms with Gasteiger partial charge in [-0.1, -0.05) is 19.8 Å². The lowest BCUT2D eigenvalue weighted by atomic mass is 9.44. The zero-order valence-electron chi connectivity index (χ0n) is 15.6. The smallest absolute Gasteiger partial charge is 0.131 e. The van der Waals surface area contributed by atoms with Crippen molar-refractivity contribution in [2.75, 3.05) is 0 Å². The van der Waals surface area contributed by atoms with Crippen LogP contribution in [0.3, 0.4) is 0 Å². The zero-order chi connectivity index (χ0) is 17.2. The van der Waals surface area contributed by atoms with Crippen LogP contribution < -0.4 is 0 Å². The second-order valence-corrected chi connectivity index (χ2v) is 9.76. The molecule has 4 saturated carbocycles. The van der Waals surface area contributed by atoms with E-state index in [1.54, 1.807) is 0 Å². The summed E-state index contributed by atoms with van der Waals surface area (Å²) in [6.07, 6.45) is 8.76. The van der Waals surface area contributed by atoms with Crippen LogP contribution in [0.4, 0.5) is 4.39 Å². The lowest BCUT2D eigenvalue weighted by Crippen LogP contribution is -2.56. The van der Waals surface area contributed by atoms with Crippen molar-refractivity contribution in [3.05, 3.63) is 0 Å². The van der Waals surface area contributed by atoms with Crippen LogP contribution in [0.15, 0.2) is 0 Å². The largest absolute Gasteiger partial charge is 0.377 e. The average Bonchev–Trinajstić information content (AvgIpc) is 2.80. The van der Waals surface area contributed by atoms with Gasteiger partial charge in [0.15, 0.2) is 0 Å². The van der Waals surface area contributed by atoms with Crippen molar-refractivity contribution in [3.8, 4) is 11.8 Å². The van der Waals surface area contributed by atoms with E-state index < -0.39 is 11.8 Å². The van der Waals surface area contributed by atoms with Gasteiger partial charge < -0.3 is 5.11 Å². The van der Waals surface area contributed by atoms with E-state index in [1.165, 1.54) is 19.3 Å². The van der Waals surface area contributed by atoms with Crippen molar-refractivity contribution in [3.63, 3.8) is 0 Å². The third kappa shape index (κ3) is 2.09. The molecular formula is C22H33FO. The lowest BCUT2D eigenvalue weighted by molar-refractivity contribution is -0.140. The van der Waals surface area contributed by atoms with E-state index in [1.807, 2.05) is 6.92 Å². The summed E-state index contributed by atoms with van der Waals surface area (Å²) in [6.45, 7) is 6.62. The van der Waals surface area contributed by atoms with Gasteiger partial charge in [0.2, 0.25) is 0 Å². The highest BCUT2D eigenvalue weighted by molar-refractivity contribution is 5.25. The Balaban J connectivity index is 1.64. The predicted molar refractivity (Wildman–Crippen MR) is 95.0 cm³/mol. The van der Waals surface area contributed by atoms with Crippen molar-refractivity contribution < 1.29 is 9.50 Å². The molecule has 0 saturated heterocycles. The highest BCUT2D eigenvalue weighted by Crippen LogP contribution is 2.68. The number of aliphatic hydroxyl groups is 1. The Hall–Kier alpha value is -0.550. The van der Waals surface area contributed by atoms with Crippen LogP contribution in [0.25, 0.3) is 0 Å². The maximum atomic E-state index is 14.0. The summed E-state index contributed by atoms with van der Waals surface area (Å²) < 4.78 is 14.0. The molecule has 134 valence electrons. The van der Waals surface area contributed by atoms with Crippen molar-refractivity contribution in [1.29, 1.82) is 0 Å². The summed E-state index contributed by atoms with van der Waals surface area (Å²) in [5.41, 5.74) is -0.493. The van der Waals surface area contributed by atoms with Gasteiger partial charge in [-0.05, 0) is 93.8 Å². The van der Waals surface area contributed by atoms with Gasteiger partial charge in [0, 0.05) is 5.41 Å². The highest BCUT2D eigenvalue weighted by atomic mass is 19.1. The average molecular weight is 333 g/mol. The van der Waals surface area contributed by atoms with E-state index in [0.29, 0.717) is 23.2 Å². The molecule has 4 rings (SSSR count). The van der Waals surface area contributed by atoms with Crippen molar-refractivity contribution in [2.45, 2.75) is 90.3 Å². The molecule has 0 heterocycles. The predicted octanol–water partition coefficient (Wildman–Crippen LogP) is 5.12. The van der Waals surface area contributed by atoms with Crippen molar-refractivity contribution in [1.82, 2.24) is 0 Å². The number of hydrogen-bond donors (Lipinski definition) is 1. The fourth-order valence-electron chi connectivity index (χ4n) is 7.63. The number of halogens is 1. The van der Waals surface area contributed by atoms with Gasteiger partial charge >= 0.3 is 0 Å². The summed E-state index contributed by atoms with van der Waals surface area (Å²) in [6, 6.07) is 0. The number of alkyl halides is 1. The monoisotopic (exact) mass is 332 g/mol. The van der Waals surface area contributed by atoms with Gasteiger partial charge in [0.1, 0.15) is 11.8 Å². The fourth-order valence-corrected chi connectivity index (χ4v) is 7.63. The Bertz CT molecular complexity index is 576. The van der Waals surface area contributed by atoms with Gasteiger partial charge in [-0.3, -0.25) is 0 Å². The number of rotatable bonds is 0. The molecule has 4 aliphatic rings. The fraction of sp³-hybridized carbons (Fsp3) is 0.909. The van der Waals surface area contributed by atoms with Crippen LogP contribution >= 0.6 is 0 Å². The molecule has 0 aromatic heterocycles. The Morgan fingerprint density at radius 2 is 1.71 bits per heavy atom. The highest BCUT2D eigenvalue weighted by Gasteiger charge is 2.64. The van der Waals surface area contributed by atoms with Crippen LogP contribution in [0.5, 0.6) is 0 Å². The molecule has 1 N–H and O–H groups in total. The summed E-state index contributed by atoms with van der Waals surface area (Å²) in [4.78, 5) is 0. The van der Waals surface area contributed by atoms with Gasteiger partial charge in [0.25, 0.3) is 0 Å². The van der Waals surface area contributed by atoms with Crippen LogP contribution in [0, 0.1) is 46.3 Å². The van der Waals surface area contributed by atoms with E-state index in [2.05, 4.69) is 25.7 Å². The van der Waals surface area contributed by atoms with Crippen LogP contribution in [-0.2, 0) is 0 Å². The molecule has 0 radical (unpaired) electrons. The molecular weight excluding hydrogens is 299 g/mol. The molecule has 8 atom stereocenters. The first kappa shape index (κ1) is 16.9. The molecule has 2 heteroatoms. The maximum absolute atomic E-state index is 14.0. The van der Waals surface area contributed by atoms with Crippen LogP contribution in [0.2, 0.25) is 0 Å². The SMILES string of the molecule is CC#C[C@]1(O)CCC2C3CCC4C[C@@H](F)CC[C@]4(C)C3CC[C@@]21C. The van der Waals surface area contributed by atoms with E-state index in [9.17, 15) is 9.50 Å². The van der Waals surface area contributed by atoms with E-state index in [0.717, 1.165) is 44.4 Å². The van der Waals surface area contributed by atoms with Crippen molar-refractivity contribution in [2.24, 2.45) is 34.5 Å². The van der Waals surface area contributed by atoms with Crippen molar-refractivity contribution >= 4 is 0 Å². The minimum absolute atomic E-state index is 0.0440. The Kier molecular flexibility index (Phi) is 3.85. The molecule has 0 spiro atoms. The molecule has 1 nitrogen and oxygen atoms in total. The second-order valence-electron chi connectivity index (χ2n) is 9.76. The molecule has 4 unspecified atom stereocenters.